The molecule has 0 atom stereocenters. The van der Waals surface area contributed by atoms with Gasteiger partial charge in [0, 0.05) is 30.7 Å². The SMILES string of the molecule is Cc1nn(C)c2ncc(CNCC(=O)NC(C)(C)C)cc12. The molecule has 0 fully saturated rings. The van der Waals surface area contributed by atoms with E-state index < -0.39 is 0 Å². The Hall–Kier alpha value is -1.95. The van der Waals surface area contributed by atoms with Gasteiger partial charge in [0.25, 0.3) is 0 Å². The molecule has 2 aromatic rings. The van der Waals surface area contributed by atoms with Crippen molar-refractivity contribution in [2.75, 3.05) is 6.54 Å². The van der Waals surface area contributed by atoms with Crippen molar-refractivity contribution in [3.63, 3.8) is 0 Å². The number of nitrogens with zero attached hydrogens (tertiary/aromatic N) is 3. The molecule has 21 heavy (non-hydrogen) atoms. The first-order valence-corrected chi connectivity index (χ1v) is 7.06. The second kappa shape index (κ2) is 5.81. The van der Waals surface area contributed by atoms with E-state index >= 15 is 0 Å². The van der Waals surface area contributed by atoms with E-state index in [4.69, 9.17) is 0 Å². The molecule has 6 heteroatoms. The van der Waals surface area contributed by atoms with Gasteiger partial charge in [0.2, 0.25) is 5.91 Å². The summed E-state index contributed by atoms with van der Waals surface area (Å²) in [6.07, 6.45) is 1.82. The van der Waals surface area contributed by atoms with Crippen LogP contribution in [0.25, 0.3) is 11.0 Å². The van der Waals surface area contributed by atoms with Crippen molar-refractivity contribution in [2.45, 2.75) is 39.8 Å². The molecule has 0 saturated heterocycles. The molecule has 0 spiro atoms. The van der Waals surface area contributed by atoms with E-state index in [1.165, 1.54) is 0 Å². The summed E-state index contributed by atoms with van der Waals surface area (Å²) in [6, 6.07) is 2.07. The van der Waals surface area contributed by atoms with Gasteiger partial charge in [-0.2, -0.15) is 5.10 Å². The maximum atomic E-state index is 11.7. The third-order valence-corrected chi connectivity index (χ3v) is 3.05. The second-order valence-corrected chi connectivity index (χ2v) is 6.33. The summed E-state index contributed by atoms with van der Waals surface area (Å²) in [7, 11) is 1.89. The van der Waals surface area contributed by atoms with Gasteiger partial charge in [0.15, 0.2) is 5.65 Å². The second-order valence-electron chi connectivity index (χ2n) is 6.33. The Balaban J connectivity index is 1.95. The number of aryl methyl sites for hydroxylation is 2. The fourth-order valence-corrected chi connectivity index (χ4v) is 2.23. The maximum Gasteiger partial charge on any atom is 0.234 e. The summed E-state index contributed by atoms with van der Waals surface area (Å²) < 4.78 is 1.78. The summed E-state index contributed by atoms with van der Waals surface area (Å²) in [5.41, 5.74) is 2.68. The average Bonchev–Trinajstić information content (AvgIpc) is 2.62. The number of aromatic nitrogens is 3. The van der Waals surface area contributed by atoms with Crippen LogP contribution >= 0.6 is 0 Å². The predicted octanol–water partition coefficient (Wildman–Crippen LogP) is 1.28. The highest BCUT2D eigenvalue weighted by atomic mass is 16.2. The maximum absolute atomic E-state index is 11.7. The van der Waals surface area contributed by atoms with Crippen LogP contribution in [-0.2, 0) is 18.4 Å². The molecule has 0 aliphatic carbocycles. The van der Waals surface area contributed by atoms with E-state index in [2.05, 4.69) is 26.8 Å². The zero-order valence-corrected chi connectivity index (χ0v) is 13.3. The largest absolute Gasteiger partial charge is 0.350 e. The molecule has 114 valence electrons. The molecule has 2 rings (SSSR count). The van der Waals surface area contributed by atoms with Crippen LogP contribution < -0.4 is 10.6 Å². The Morgan fingerprint density at radius 2 is 2.10 bits per heavy atom. The van der Waals surface area contributed by atoms with Crippen LogP contribution in [0.3, 0.4) is 0 Å². The van der Waals surface area contributed by atoms with Gasteiger partial charge >= 0.3 is 0 Å². The number of hydrogen-bond acceptors (Lipinski definition) is 4. The average molecular weight is 289 g/mol. The number of rotatable bonds is 4. The van der Waals surface area contributed by atoms with Gasteiger partial charge < -0.3 is 10.6 Å². The number of carbonyl (C=O) groups excluding carboxylic acids is 1. The third kappa shape index (κ3) is 4.01. The molecule has 0 aliphatic heterocycles. The minimum Gasteiger partial charge on any atom is -0.350 e. The van der Waals surface area contributed by atoms with Crippen LogP contribution in [0.2, 0.25) is 0 Å². The Morgan fingerprint density at radius 1 is 1.38 bits per heavy atom. The molecule has 0 aliphatic rings. The standard InChI is InChI=1S/C15H23N5O/c1-10-12-6-11(8-17-14(12)20(5)19-10)7-16-9-13(21)18-15(2,3)4/h6,8,16H,7,9H2,1-5H3,(H,18,21). The summed E-state index contributed by atoms with van der Waals surface area (Å²) in [4.78, 5) is 16.1. The van der Waals surface area contributed by atoms with Crippen molar-refractivity contribution in [3.8, 4) is 0 Å². The molecule has 0 saturated carbocycles. The highest BCUT2D eigenvalue weighted by Crippen LogP contribution is 2.16. The third-order valence-electron chi connectivity index (χ3n) is 3.05. The molecular formula is C15H23N5O. The number of nitrogens with one attached hydrogen (secondary N) is 2. The van der Waals surface area contributed by atoms with E-state index in [9.17, 15) is 4.79 Å². The fourth-order valence-electron chi connectivity index (χ4n) is 2.23. The molecule has 2 aromatic heterocycles. The quantitative estimate of drug-likeness (QED) is 0.889. The van der Waals surface area contributed by atoms with Gasteiger partial charge in [-0.25, -0.2) is 4.98 Å². The number of pyridine rings is 1. The lowest BCUT2D eigenvalue weighted by atomic mass is 10.1. The molecule has 1 amide bonds. The Morgan fingerprint density at radius 3 is 2.76 bits per heavy atom. The molecule has 6 nitrogen and oxygen atoms in total. The number of amides is 1. The van der Waals surface area contributed by atoms with Gasteiger partial charge in [-0.15, -0.1) is 0 Å². The summed E-state index contributed by atoms with van der Waals surface area (Å²) in [5, 5.41) is 11.5. The van der Waals surface area contributed by atoms with Crippen LogP contribution in [0.4, 0.5) is 0 Å². The highest BCUT2D eigenvalue weighted by molar-refractivity contribution is 5.79. The molecule has 0 radical (unpaired) electrons. The first-order valence-electron chi connectivity index (χ1n) is 7.06. The molecule has 2 heterocycles. The Labute approximate surface area is 124 Å². The van der Waals surface area contributed by atoms with Crippen molar-refractivity contribution in [2.24, 2.45) is 7.05 Å². The topological polar surface area (TPSA) is 71.8 Å². The minimum atomic E-state index is -0.202. The number of carbonyl (C=O) groups is 1. The molecule has 2 N–H and O–H groups in total. The first kappa shape index (κ1) is 15.4. The van der Waals surface area contributed by atoms with E-state index in [-0.39, 0.29) is 11.4 Å². The normalized spacial score (nSPS) is 11.9. The monoisotopic (exact) mass is 289 g/mol. The highest BCUT2D eigenvalue weighted by Gasteiger charge is 2.13. The fraction of sp³-hybridized carbons (Fsp3) is 0.533. The summed E-state index contributed by atoms with van der Waals surface area (Å²) in [5.74, 6) is -0.00547. The number of fused-ring (bicyclic) bond motifs is 1. The van der Waals surface area contributed by atoms with Crippen LogP contribution in [0.15, 0.2) is 12.3 Å². The van der Waals surface area contributed by atoms with Crippen LogP contribution in [0.5, 0.6) is 0 Å². The Bertz CT molecular complexity index is 654. The van der Waals surface area contributed by atoms with E-state index in [0.29, 0.717) is 13.1 Å². The van der Waals surface area contributed by atoms with Gasteiger partial charge in [0.05, 0.1) is 12.2 Å². The van der Waals surface area contributed by atoms with E-state index in [1.54, 1.807) is 4.68 Å². The number of hydrogen-bond donors (Lipinski definition) is 2. The lowest BCUT2D eigenvalue weighted by molar-refractivity contribution is -0.121. The van der Waals surface area contributed by atoms with Crippen molar-refractivity contribution in [3.05, 3.63) is 23.5 Å². The first-order chi connectivity index (χ1) is 9.76. The molecular weight excluding hydrogens is 266 g/mol. The van der Waals surface area contributed by atoms with Crippen molar-refractivity contribution >= 4 is 16.9 Å². The summed E-state index contributed by atoms with van der Waals surface area (Å²) in [6.45, 7) is 8.77. The van der Waals surface area contributed by atoms with Crippen LogP contribution in [-0.4, -0.2) is 32.8 Å². The van der Waals surface area contributed by atoms with Crippen LogP contribution in [0.1, 0.15) is 32.0 Å². The lowest BCUT2D eigenvalue weighted by Gasteiger charge is -2.20. The lowest BCUT2D eigenvalue weighted by Crippen LogP contribution is -2.44. The molecule has 0 aromatic carbocycles. The van der Waals surface area contributed by atoms with Gasteiger partial charge in [-0.05, 0) is 39.3 Å². The van der Waals surface area contributed by atoms with Gasteiger partial charge in [-0.1, -0.05) is 0 Å². The van der Waals surface area contributed by atoms with Crippen molar-refractivity contribution < 1.29 is 4.79 Å². The van der Waals surface area contributed by atoms with E-state index in [1.807, 2.05) is 40.9 Å². The van der Waals surface area contributed by atoms with E-state index in [0.717, 1.165) is 22.3 Å². The smallest absolute Gasteiger partial charge is 0.234 e. The molecule has 0 bridgehead atoms. The minimum absolute atomic E-state index is 0.00547. The van der Waals surface area contributed by atoms with Crippen LogP contribution in [0, 0.1) is 6.92 Å². The van der Waals surface area contributed by atoms with Crippen molar-refractivity contribution in [1.82, 2.24) is 25.4 Å². The predicted molar refractivity (Wildman–Crippen MR) is 82.8 cm³/mol. The van der Waals surface area contributed by atoms with Gasteiger partial charge in [-0.3, -0.25) is 9.48 Å². The van der Waals surface area contributed by atoms with Crippen molar-refractivity contribution in [1.29, 1.82) is 0 Å². The van der Waals surface area contributed by atoms with Gasteiger partial charge in [0.1, 0.15) is 0 Å². The Kier molecular flexibility index (Phi) is 4.27. The summed E-state index contributed by atoms with van der Waals surface area (Å²) >= 11 is 0. The zero-order valence-electron chi connectivity index (χ0n) is 13.3. The molecule has 0 unspecified atom stereocenters. The zero-order chi connectivity index (χ0) is 15.6.